The van der Waals surface area contributed by atoms with Gasteiger partial charge >= 0.3 is 0 Å². The quantitative estimate of drug-likeness (QED) is 0.547. The van der Waals surface area contributed by atoms with Crippen LogP contribution in [-0.2, 0) is 7.05 Å². The number of fused-ring (bicyclic) bond motifs is 2. The third-order valence-corrected chi connectivity index (χ3v) is 5.10. The lowest BCUT2D eigenvalue weighted by atomic mass is 9.83. The Morgan fingerprint density at radius 3 is 2.04 bits per heavy atom. The van der Waals surface area contributed by atoms with Crippen molar-refractivity contribution in [3.05, 3.63) is 35.7 Å². The Hall–Kier alpha value is -3.48. The van der Waals surface area contributed by atoms with Crippen LogP contribution in [0, 0.1) is 0 Å². The predicted octanol–water partition coefficient (Wildman–Crippen LogP) is 2.62. The largest absolute Gasteiger partial charge is 0.502 e. The summed E-state index contributed by atoms with van der Waals surface area (Å²) in [6.45, 7) is 0. The zero-order valence-electron chi connectivity index (χ0n) is 16.2. The molecular weight excluding hydrogens is 362 g/mol. The average molecular weight is 382 g/mol. The van der Waals surface area contributed by atoms with Crippen LogP contribution in [0.3, 0.4) is 0 Å². The summed E-state index contributed by atoms with van der Waals surface area (Å²) in [6, 6.07) is 5.09. The molecule has 2 aromatic carbocycles. The van der Waals surface area contributed by atoms with Crippen LogP contribution in [0.15, 0.2) is 24.4 Å². The van der Waals surface area contributed by atoms with Gasteiger partial charge in [-0.3, -0.25) is 4.79 Å². The number of carbonyl (C=O) groups is 1. The van der Waals surface area contributed by atoms with Gasteiger partial charge in [0.25, 0.3) is 11.5 Å². The highest BCUT2D eigenvalue weighted by Crippen LogP contribution is 2.51. The highest BCUT2D eigenvalue weighted by Gasteiger charge is 2.37. The summed E-state index contributed by atoms with van der Waals surface area (Å²) in [4.78, 5) is 13.4. The second-order valence-corrected chi connectivity index (χ2v) is 6.47. The van der Waals surface area contributed by atoms with Gasteiger partial charge in [-0.2, -0.15) is 4.57 Å². The van der Waals surface area contributed by atoms with Gasteiger partial charge in [0, 0.05) is 22.1 Å². The van der Waals surface area contributed by atoms with Gasteiger partial charge in [-0.05, 0) is 18.2 Å². The highest BCUT2D eigenvalue weighted by molar-refractivity contribution is 6.26. The van der Waals surface area contributed by atoms with Gasteiger partial charge in [-0.15, -0.1) is 0 Å². The molecule has 0 amide bonds. The Morgan fingerprint density at radius 2 is 1.46 bits per heavy atom. The summed E-state index contributed by atoms with van der Waals surface area (Å²) in [5, 5.41) is 11.7. The first-order valence-corrected chi connectivity index (χ1v) is 8.58. The summed E-state index contributed by atoms with van der Waals surface area (Å²) in [7, 11) is 7.85. The minimum atomic E-state index is -0.178. The van der Waals surface area contributed by atoms with E-state index < -0.39 is 0 Å². The normalized spacial score (nSPS) is 12.0. The van der Waals surface area contributed by atoms with E-state index >= 15 is 0 Å². The maximum Gasteiger partial charge on any atom is 0.262 e. The number of aryl methyl sites for hydroxylation is 1. The lowest BCUT2D eigenvalue weighted by molar-refractivity contribution is -0.672. The molecule has 3 aromatic rings. The zero-order valence-corrected chi connectivity index (χ0v) is 16.2. The third-order valence-electron chi connectivity index (χ3n) is 5.10. The first-order valence-electron chi connectivity index (χ1n) is 8.58. The van der Waals surface area contributed by atoms with Crippen LogP contribution in [0.1, 0.15) is 16.1 Å². The van der Waals surface area contributed by atoms with Gasteiger partial charge in [0.05, 0.1) is 33.8 Å². The van der Waals surface area contributed by atoms with Crippen LogP contribution in [0.5, 0.6) is 28.7 Å². The Kier molecular flexibility index (Phi) is 4.03. The molecule has 0 aliphatic heterocycles. The molecule has 0 atom stereocenters. The standard InChI is InChI=1S/C21H19NO6/c1-22-9-13(23)12-8-16(27-4)21(28-5)18-10-6-14(25-2)15(26-3)7-11(10)20(24)19(22)17(12)18/h6-9H,1-5H3/p+1. The van der Waals surface area contributed by atoms with Crippen molar-refractivity contribution >= 4 is 16.6 Å². The minimum Gasteiger partial charge on any atom is -0.502 e. The van der Waals surface area contributed by atoms with Crippen LogP contribution >= 0.6 is 0 Å². The van der Waals surface area contributed by atoms with E-state index in [1.807, 2.05) is 0 Å². The van der Waals surface area contributed by atoms with Crippen molar-refractivity contribution in [1.29, 1.82) is 0 Å². The molecule has 4 rings (SSSR count). The molecule has 7 nitrogen and oxygen atoms in total. The number of hydrogen-bond donors (Lipinski definition) is 1. The molecule has 1 aliphatic carbocycles. The number of carbonyl (C=O) groups excluding carboxylic acids is 1. The molecule has 0 radical (unpaired) electrons. The fraction of sp³-hybridized carbons (Fsp3) is 0.238. The number of pyridine rings is 1. The molecule has 0 fully saturated rings. The van der Waals surface area contributed by atoms with E-state index in [-0.39, 0.29) is 11.5 Å². The monoisotopic (exact) mass is 382 g/mol. The van der Waals surface area contributed by atoms with Gasteiger partial charge in [0.1, 0.15) is 7.05 Å². The third kappa shape index (κ3) is 2.22. The number of benzene rings is 2. The Bertz CT molecular complexity index is 1150. The summed E-state index contributed by atoms with van der Waals surface area (Å²) in [6.07, 6.45) is 1.51. The Labute approximate surface area is 161 Å². The molecule has 0 spiro atoms. The summed E-state index contributed by atoms with van der Waals surface area (Å²) in [5.74, 6) is 1.74. The van der Waals surface area contributed by atoms with Crippen molar-refractivity contribution < 1.29 is 33.4 Å². The average Bonchev–Trinajstić information content (AvgIpc) is 2.70. The van der Waals surface area contributed by atoms with Crippen molar-refractivity contribution in [3.63, 3.8) is 0 Å². The molecule has 0 bridgehead atoms. The van der Waals surface area contributed by atoms with Crippen LogP contribution in [0.2, 0.25) is 0 Å². The van der Waals surface area contributed by atoms with E-state index in [1.165, 1.54) is 27.5 Å². The van der Waals surface area contributed by atoms with Crippen molar-refractivity contribution in [2.24, 2.45) is 7.05 Å². The molecule has 7 heteroatoms. The van der Waals surface area contributed by atoms with Crippen molar-refractivity contribution in [1.82, 2.24) is 0 Å². The second-order valence-electron chi connectivity index (χ2n) is 6.47. The lowest BCUT2D eigenvalue weighted by Crippen LogP contribution is -2.37. The number of nitrogens with zero attached hydrogens (tertiary/aromatic N) is 1. The van der Waals surface area contributed by atoms with Crippen molar-refractivity contribution in [3.8, 4) is 39.9 Å². The zero-order chi connectivity index (χ0) is 20.2. The molecule has 1 aromatic heterocycles. The molecular formula is C21H20NO6+. The first kappa shape index (κ1) is 17.9. The predicted molar refractivity (Wildman–Crippen MR) is 102 cm³/mol. The highest BCUT2D eigenvalue weighted by atomic mass is 16.5. The number of rotatable bonds is 4. The van der Waals surface area contributed by atoms with E-state index in [9.17, 15) is 9.90 Å². The van der Waals surface area contributed by atoms with Gasteiger partial charge in [-0.25, -0.2) is 0 Å². The number of ether oxygens (including phenoxy) is 4. The van der Waals surface area contributed by atoms with Crippen LogP contribution in [0.4, 0.5) is 0 Å². The van der Waals surface area contributed by atoms with Crippen LogP contribution < -0.4 is 23.5 Å². The fourth-order valence-electron chi connectivity index (χ4n) is 3.87. The molecule has 1 aliphatic rings. The SMILES string of the molecule is COc1cc2c(cc1OC)-c1c(OC)c(OC)cc3c(O)c[n+](C)c(c13)C2=O. The smallest absolute Gasteiger partial charge is 0.262 e. The first-order chi connectivity index (χ1) is 13.5. The van der Waals surface area contributed by atoms with Gasteiger partial charge in [0.15, 0.2) is 28.7 Å². The van der Waals surface area contributed by atoms with Gasteiger partial charge in [-0.1, -0.05) is 0 Å². The molecule has 0 saturated heterocycles. The van der Waals surface area contributed by atoms with E-state index in [0.29, 0.717) is 56.2 Å². The van der Waals surface area contributed by atoms with E-state index in [1.54, 1.807) is 36.9 Å². The minimum absolute atomic E-state index is 0.0418. The Balaban J connectivity index is 2.27. The second kappa shape index (κ2) is 6.30. The maximum atomic E-state index is 13.4. The summed E-state index contributed by atoms with van der Waals surface area (Å²) >= 11 is 0. The molecule has 0 saturated carbocycles. The van der Waals surface area contributed by atoms with Gasteiger partial charge < -0.3 is 24.1 Å². The van der Waals surface area contributed by atoms with E-state index in [4.69, 9.17) is 18.9 Å². The topological polar surface area (TPSA) is 78.1 Å². The fourth-order valence-corrected chi connectivity index (χ4v) is 3.87. The van der Waals surface area contributed by atoms with Gasteiger partial charge in [0.2, 0.25) is 6.20 Å². The lowest BCUT2D eigenvalue weighted by Gasteiger charge is -2.23. The Morgan fingerprint density at radius 1 is 0.857 bits per heavy atom. The van der Waals surface area contributed by atoms with Crippen LogP contribution in [0.25, 0.3) is 21.9 Å². The van der Waals surface area contributed by atoms with E-state index in [0.717, 1.165) is 0 Å². The number of methoxy groups -OCH3 is 4. The summed E-state index contributed by atoms with van der Waals surface area (Å²) < 4.78 is 23.6. The maximum absolute atomic E-state index is 13.4. The van der Waals surface area contributed by atoms with Crippen LogP contribution in [-0.4, -0.2) is 39.3 Å². The van der Waals surface area contributed by atoms with Crippen molar-refractivity contribution in [2.75, 3.05) is 28.4 Å². The number of ketones is 1. The summed E-state index contributed by atoms with van der Waals surface area (Å²) in [5.41, 5.74) is 2.19. The molecule has 28 heavy (non-hydrogen) atoms. The molecule has 1 heterocycles. The number of aromatic hydroxyl groups is 1. The van der Waals surface area contributed by atoms with E-state index in [2.05, 4.69) is 0 Å². The molecule has 1 N–H and O–H groups in total. The molecule has 144 valence electrons. The number of hydrogen-bond acceptors (Lipinski definition) is 6. The molecule has 0 unspecified atom stereocenters. The van der Waals surface area contributed by atoms with Crippen molar-refractivity contribution in [2.45, 2.75) is 0 Å². The number of aromatic nitrogens is 1.